The van der Waals surface area contributed by atoms with Crippen molar-refractivity contribution >= 4 is 22.6 Å². The molecule has 19 heavy (non-hydrogen) atoms. The number of nitrogens with one attached hydrogen (secondary N) is 1. The largest absolute Gasteiger partial charge is 0.481 e. The maximum Gasteiger partial charge on any atom is 0.308 e. The van der Waals surface area contributed by atoms with E-state index in [0.717, 1.165) is 17.2 Å². The molecule has 0 aliphatic heterocycles. The molecular weight excluding hydrogens is 242 g/mol. The Bertz CT molecular complexity index is 566. The molecule has 0 bridgehead atoms. The van der Waals surface area contributed by atoms with Crippen molar-refractivity contribution in [2.45, 2.75) is 19.8 Å². The number of hydrogen-bond donors (Lipinski definition) is 2. The summed E-state index contributed by atoms with van der Waals surface area (Å²) in [4.78, 5) is 11.1. The van der Waals surface area contributed by atoms with Crippen LogP contribution in [0.4, 0.5) is 5.82 Å². The van der Waals surface area contributed by atoms with Crippen LogP contribution < -0.4 is 5.32 Å². The van der Waals surface area contributed by atoms with Gasteiger partial charge in [0.05, 0.1) is 12.1 Å². The number of rotatable bonds is 6. The predicted molar refractivity (Wildman–Crippen MR) is 74.1 cm³/mol. The van der Waals surface area contributed by atoms with Gasteiger partial charge in [-0.15, -0.1) is 5.10 Å². The summed E-state index contributed by atoms with van der Waals surface area (Å²) >= 11 is 0. The van der Waals surface area contributed by atoms with Crippen molar-refractivity contribution in [3.8, 4) is 0 Å². The molecule has 0 aliphatic rings. The molecule has 0 aliphatic carbocycles. The SMILES string of the molecule is CCCC(CNc1nncc2ccccc12)C(=O)O. The molecule has 100 valence electrons. The zero-order valence-corrected chi connectivity index (χ0v) is 10.8. The zero-order valence-electron chi connectivity index (χ0n) is 10.8. The number of aliphatic carboxylic acids is 1. The molecule has 2 aromatic rings. The highest BCUT2D eigenvalue weighted by Crippen LogP contribution is 2.19. The summed E-state index contributed by atoms with van der Waals surface area (Å²) < 4.78 is 0. The Morgan fingerprint density at radius 1 is 1.42 bits per heavy atom. The molecule has 0 radical (unpaired) electrons. The summed E-state index contributed by atoms with van der Waals surface area (Å²) in [7, 11) is 0. The highest BCUT2D eigenvalue weighted by Gasteiger charge is 2.16. The lowest BCUT2D eigenvalue weighted by Crippen LogP contribution is -2.23. The molecule has 1 unspecified atom stereocenters. The third-order valence-electron chi connectivity index (χ3n) is 3.07. The highest BCUT2D eigenvalue weighted by atomic mass is 16.4. The minimum Gasteiger partial charge on any atom is -0.481 e. The zero-order chi connectivity index (χ0) is 13.7. The van der Waals surface area contributed by atoms with Gasteiger partial charge in [-0.25, -0.2) is 0 Å². The van der Waals surface area contributed by atoms with Gasteiger partial charge in [0.15, 0.2) is 5.82 Å². The van der Waals surface area contributed by atoms with Gasteiger partial charge in [0.2, 0.25) is 0 Å². The Morgan fingerprint density at radius 2 is 2.21 bits per heavy atom. The van der Waals surface area contributed by atoms with E-state index in [1.807, 2.05) is 31.2 Å². The van der Waals surface area contributed by atoms with E-state index in [2.05, 4.69) is 15.5 Å². The van der Waals surface area contributed by atoms with E-state index in [1.54, 1.807) is 6.20 Å². The molecule has 2 rings (SSSR count). The first kappa shape index (κ1) is 13.3. The van der Waals surface area contributed by atoms with Gasteiger partial charge in [-0.3, -0.25) is 4.79 Å². The third kappa shape index (κ3) is 3.19. The summed E-state index contributed by atoms with van der Waals surface area (Å²) in [5.74, 6) is -0.534. The quantitative estimate of drug-likeness (QED) is 0.833. The average molecular weight is 259 g/mol. The number of hydrogen-bond acceptors (Lipinski definition) is 4. The van der Waals surface area contributed by atoms with Gasteiger partial charge in [-0.2, -0.15) is 5.10 Å². The lowest BCUT2D eigenvalue weighted by atomic mass is 10.0. The van der Waals surface area contributed by atoms with Gasteiger partial charge in [0.25, 0.3) is 0 Å². The summed E-state index contributed by atoms with van der Waals surface area (Å²) in [5, 5.41) is 22.1. The Balaban J connectivity index is 2.15. The van der Waals surface area contributed by atoms with Crippen molar-refractivity contribution in [1.82, 2.24) is 10.2 Å². The molecule has 1 heterocycles. The molecule has 0 amide bonds. The molecule has 0 spiro atoms. The Labute approximate surface area is 111 Å². The van der Waals surface area contributed by atoms with E-state index in [9.17, 15) is 4.79 Å². The number of benzene rings is 1. The second-order valence-electron chi connectivity index (χ2n) is 4.49. The smallest absolute Gasteiger partial charge is 0.308 e. The van der Waals surface area contributed by atoms with E-state index < -0.39 is 11.9 Å². The fraction of sp³-hybridized carbons (Fsp3) is 0.357. The van der Waals surface area contributed by atoms with Gasteiger partial charge in [-0.1, -0.05) is 37.6 Å². The number of fused-ring (bicyclic) bond motifs is 1. The molecule has 1 atom stereocenters. The van der Waals surface area contributed by atoms with Crippen LogP contribution in [0.25, 0.3) is 10.8 Å². The number of nitrogens with zero attached hydrogens (tertiary/aromatic N) is 2. The van der Waals surface area contributed by atoms with Crippen molar-refractivity contribution in [3.63, 3.8) is 0 Å². The Hall–Kier alpha value is -2.17. The molecule has 1 aromatic heterocycles. The highest BCUT2D eigenvalue weighted by molar-refractivity contribution is 5.90. The van der Waals surface area contributed by atoms with Crippen molar-refractivity contribution in [3.05, 3.63) is 30.5 Å². The van der Waals surface area contributed by atoms with Crippen molar-refractivity contribution in [1.29, 1.82) is 0 Å². The monoisotopic (exact) mass is 259 g/mol. The number of aromatic nitrogens is 2. The molecule has 0 saturated carbocycles. The van der Waals surface area contributed by atoms with E-state index >= 15 is 0 Å². The van der Waals surface area contributed by atoms with Crippen LogP contribution in [-0.4, -0.2) is 27.8 Å². The molecule has 5 nitrogen and oxygen atoms in total. The molecule has 0 fully saturated rings. The summed E-state index contributed by atoms with van der Waals surface area (Å²) in [6.07, 6.45) is 3.20. The molecule has 1 aromatic carbocycles. The van der Waals surface area contributed by atoms with Gasteiger partial charge < -0.3 is 10.4 Å². The summed E-state index contributed by atoms with van der Waals surface area (Å²) in [6.45, 7) is 2.35. The number of anilines is 1. The van der Waals surface area contributed by atoms with E-state index in [-0.39, 0.29) is 0 Å². The van der Waals surface area contributed by atoms with Crippen LogP contribution in [0.5, 0.6) is 0 Å². The van der Waals surface area contributed by atoms with Gasteiger partial charge in [0.1, 0.15) is 0 Å². The van der Waals surface area contributed by atoms with Gasteiger partial charge >= 0.3 is 5.97 Å². The van der Waals surface area contributed by atoms with Crippen molar-refractivity contribution < 1.29 is 9.90 Å². The predicted octanol–water partition coefficient (Wildman–Crippen LogP) is 2.54. The van der Waals surface area contributed by atoms with E-state index in [0.29, 0.717) is 18.8 Å². The van der Waals surface area contributed by atoms with Crippen LogP contribution in [0.2, 0.25) is 0 Å². The fourth-order valence-electron chi connectivity index (χ4n) is 2.04. The summed E-state index contributed by atoms with van der Waals surface area (Å²) in [5.41, 5.74) is 0. The normalized spacial score (nSPS) is 12.3. The van der Waals surface area contributed by atoms with E-state index in [4.69, 9.17) is 5.11 Å². The fourth-order valence-corrected chi connectivity index (χ4v) is 2.04. The maximum atomic E-state index is 11.1. The lowest BCUT2D eigenvalue weighted by molar-refractivity contribution is -0.141. The van der Waals surface area contributed by atoms with Crippen LogP contribution in [-0.2, 0) is 4.79 Å². The number of carbonyl (C=O) groups is 1. The van der Waals surface area contributed by atoms with Crippen LogP contribution >= 0.6 is 0 Å². The first-order valence-electron chi connectivity index (χ1n) is 6.39. The standard InChI is InChI=1S/C14H17N3O2/c1-2-5-11(14(18)19)8-15-13-12-7-4-3-6-10(12)9-16-17-13/h3-4,6-7,9,11H,2,5,8H2,1H3,(H,15,17)(H,18,19). The van der Waals surface area contributed by atoms with Crippen LogP contribution in [0.15, 0.2) is 30.5 Å². The molecule has 0 saturated heterocycles. The lowest BCUT2D eigenvalue weighted by Gasteiger charge is -2.13. The third-order valence-corrected chi connectivity index (χ3v) is 3.07. The summed E-state index contributed by atoms with van der Waals surface area (Å²) in [6, 6.07) is 7.76. The molecule has 5 heteroatoms. The van der Waals surface area contributed by atoms with Gasteiger partial charge in [0, 0.05) is 17.3 Å². The van der Waals surface area contributed by atoms with Crippen LogP contribution in [0.3, 0.4) is 0 Å². The van der Waals surface area contributed by atoms with Gasteiger partial charge in [-0.05, 0) is 6.42 Å². The second-order valence-corrected chi connectivity index (χ2v) is 4.49. The average Bonchev–Trinajstić information content (AvgIpc) is 2.43. The van der Waals surface area contributed by atoms with Crippen molar-refractivity contribution in [2.75, 3.05) is 11.9 Å². The van der Waals surface area contributed by atoms with E-state index in [1.165, 1.54) is 0 Å². The minimum atomic E-state index is -0.775. The first-order valence-corrected chi connectivity index (χ1v) is 6.39. The first-order chi connectivity index (χ1) is 9.22. The number of carboxylic acid groups (broad SMARTS) is 1. The Kier molecular flexibility index (Phi) is 4.28. The molecule has 2 N–H and O–H groups in total. The minimum absolute atomic E-state index is 0.367. The second kappa shape index (κ2) is 6.13. The Morgan fingerprint density at radius 3 is 2.95 bits per heavy atom. The maximum absolute atomic E-state index is 11.1. The molecular formula is C14H17N3O2. The topological polar surface area (TPSA) is 75.1 Å². The van der Waals surface area contributed by atoms with Crippen LogP contribution in [0.1, 0.15) is 19.8 Å². The number of carboxylic acids is 1. The van der Waals surface area contributed by atoms with Crippen LogP contribution in [0, 0.1) is 5.92 Å². The van der Waals surface area contributed by atoms with Crippen molar-refractivity contribution in [2.24, 2.45) is 5.92 Å².